The van der Waals surface area contributed by atoms with E-state index in [2.05, 4.69) is 15.1 Å². The van der Waals surface area contributed by atoms with Crippen LogP contribution in [0.1, 0.15) is 5.56 Å². The number of halogens is 5. The van der Waals surface area contributed by atoms with Gasteiger partial charge in [0.25, 0.3) is 0 Å². The van der Waals surface area contributed by atoms with Gasteiger partial charge in [-0.2, -0.15) is 17.7 Å². The van der Waals surface area contributed by atoms with Crippen LogP contribution in [0.4, 0.5) is 17.6 Å². The molecule has 0 amide bonds. The fraction of sp³-hybridized carbons (Fsp3) is 0.0625. The number of para-hydroxylation sites is 1. The summed E-state index contributed by atoms with van der Waals surface area (Å²) in [5.41, 5.74) is -0.740. The van der Waals surface area contributed by atoms with Crippen molar-refractivity contribution in [2.45, 2.75) is 6.18 Å². The van der Waals surface area contributed by atoms with Crippen LogP contribution in [-0.4, -0.2) is 19.6 Å². The summed E-state index contributed by atoms with van der Waals surface area (Å²) in [7, 11) is 0. The second kappa shape index (κ2) is 5.38. The summed E-state index contributed by atoms with van der Waals surface area (Å²) in [5, 5.41) is 4.01. The molecule has 25 heavy (non-hydrogen) atoms. The predicted octanol–water partition coefficient (Wildman–Crippen LogP) is 4.76. The van der Waals surface area contributed by atoms with Crippen LogP contribution in [0.15, 0.2) is 42.5 Å². The van der Waals surface area contributed by atoms with E-state index in [9.17, 15) is 17.6 Å². The Morgan fingerprint density at radius 2 is 1.76 bits per heavy atom. The van der Waals surface area contributed by atoms with Crippen molar-refractivity contribution in [3.8, 4) is 11.4 Å². The first-order chi connectivity index (χ1) is 11.8. The molecule has 0 unspecified atom stereocenters. The zero-order valence-electron chi connectivity index (χ0n) is 12.2. The second-order valence-electron chi connectivity index (χ2n) is 5.26. The van der Waals surface area contributed by atoms with E-state index in [0.29, 0.717) is 5.56 Å². The van der Waals surface area contributed by atoms with Crippen LogP contribution in [0.2, 0.25) is 5.28 Å². The molecular weight excluding hydrogens is 360 g/mol. The Balaban J connectivity index is 2.05. The molecule has 4 nitrogen and oxygen atoms in total. The van der Waals surface area contributed by atoms with Crippen molar-refractivity contribution in [1.82, 2.24) is 19.6 Å². The molecule has 2 heterocycles. The molecule has 126 valence electrons. The number of rotatable bonds is 1. The van der Waals surface area contributed by atoms with Crippen LogP contribution in [0.3, 0.4) is 0 Å². The predicted molar refractivity (Wildman–Crippen MR) is 83.7 cm³/mol. The molecule has 0 fully saturated rings. The maximum Gasteiger partial charge on any atom is 0.418 e. The number of alkyl halides is 3. The zero-order chi connectivity index (χ0) is 17.8. The van der Waals surface area contributed by atoms with E-state index in [4.69, 9.17) is 11.6 Å². The molecule has 2 aromatic heterocycles. The number of benzene rings is 2. The maximum absolute atomic E-state index is 13.4. The number of hydrogen-bond donors (Lipinski definition) is 0. The molecule has 0 aliphatic heterocycles. The molecular formula is C16H7ClF4N4. The van der Waals surface area contributed by atoms with Gasteiger partial charge in [-0.3, -0.25) is 0 Å². The molecule has 4 aromatic rings. The summed E-state index contributed by atoms with van der Waals surface area (Å²) < 4.78 is 54.1. The van der Waals surface area contributed by atoms with Crippen molar-refractivity contribution in [3.05, 3.63) is 59.1 Å². The van der Waals surface area contributed by atoms with Gasteiger partial charge in [-0.1, -0.05) is 18.2 Å². The van der Waals surface area contributed by atoms with Crippen LogP contribution in [-0.2, 0) is 6.18 Å². The van der Waals surface area contributed by atoms with E-state index in [1.807, 2.05) is 0 Å². The summed E-state index contributed by atoms with van der Waals surface area (Å²) >= 11 is 6.00. The molecule has 0 saturated carbocycles. The summed E-state index contributed by atoms with van der Waals surface area (Å²) in [6, 6.07) is 9.19. The van der Waals surface area contributed by atoms with Crippen molar-refractivity contribution < 1.29 is 17.6 Å². The third kappa shape index (κ3) is 2.58. The molecule has 0 aliphatic rings. The molecule has 2 aromatic carbocycles. The van der Waals surface area contributed by atoms with Gasteiger partial charge in [-0.15, -0.1) is 5.10 Å². The minimum Gasteiger partial charge on any atom is -0.217 e. The van der Waals surface area contributed by atoms with E-state index in [1.165, 1.54) is 30.3 Å². The largest absolute Gasteiger partial charge is 0.418 e. The van der Waals surface area contributed by atoms with Crippen molar-refractivity contribution in [2.75, 3.05) is 0 Å². The maximum atomic E-state index is 13.4. The minimum atomic E-state index is -4.58. The minimum absolute atomic E-state index is 0.111. The van der Waals surface area contributed by atoms with E-state index in [-0.39, 0.29) is 27.7 Å². The molecule has 0 N–H and O–H groups in total. The average Bonchev–Trinajstić information content (AvgIpc) is 3.00. The molecule has 0 spiro atoms. The quantitative estimate of drug-likeness (QED) is 0.360. The Morgan fingerprint density at radius 3 is 2.48 bits per heavy atom. The Morgan fingerprint density at radius 1 is 1.00 bits per heavy atom. The number of fused-ring (bicyclic) bond motifs is 3. The fourth-order valence-electron chi connectivity index (χ4n) is 2.58. The lowest BCUT2D eigenvalue weighted by atomic mass is 10.1. The van der Waals surface area contributed by atoms with Crippen molar-refractivity contribution in [3.63, 3.8) is 0 Å². The van der Waals surface area contributed by atoms with E-state index >= 15 is 0 Å². The summed E-state index contributed by atoms with van der Waals surface area (Å²) in [5.74, 6) is -0.349. The SMILES string of the molecule is Fc1cccc(-c2nc3c4cccc(C(F)(F)F)c4nc(Cl)n3n2)c1. The van der Waals surface area contributed by atoms with Crippen LogP contribution >= 0.6 is 11.6 Å². The molecule has 0 atom stereocenters. The molecule has 0 aliphatic carbocycles. The summed E-state index contributed by atoms with van der Waals surface area (Å²) in [6.07, 6.45) is -4.58. The van der Waals surface area contributed by atoms with Crippen LogP contribution in [0, 0.1) is 5.82 Å². The summed E-state index contributed by atoms with van der Waals surface area (Å²) in [6.45, 7) is 0. The van der Waals surface area contributed by atoms with Gasteiger partial charge in [-0.05, 0) is 35.9 Å². The Kier molecular flexibility index (Phi) is 3.40. The Bertz CT molecular complexity index is 1120. The van der Waals surface area contributed by atoms with E-state index in [1.54, 1.807) is 6.07 Å². The fourth-order valence-corrected chi connectivity index (χ4v) is 2.78. The molecule has 0 saturated heterocycles. The third-order valence-corrected chi connectivity index (χ3v) is 3.90. The lowest BCUT2D eigenvalue weighted by Crippen LogP contribution is -2.07. The van der Waals surface area contributed by atoms with Gasteiger partial charge in [0.2, 0.25) is 5.28 Å². The van der Waals surface area contributed by atoms with Gasteiger partial charge in [0.1, 0.15) is 5.82 Å². The molecule has 0 radical (unpaired) electrons. The standard InChI is InChI=1S/C16H7ClF4N4/c17-15-22-12-10(5-2-6-11(12)16(19,20)21)14-23-13(24-25(14)15)8-3-1-4-9(18)7-8/h1-7H. The highest BCUT2D eigenvalue weighted by Crippen LogP contribution is 2.35. The van der Waals surface area contributed by atoms with Crippen LogP contribution < -0.4 is 0 Å². The van der Waals surface area contributed by atoms with E-state index in [0.717, 1.165) is 10.6 Å². The first-order valence-electron chi connectivity index (χ1n) is 7.03. The van der Waals surface area contributed by atoms with Crippen LogP contribution in [0.25, 0.3) is 27.9 Å². The van der Waals surface area contributed by atoms with Gasteiger partial charge in [-0.25, -0.2) is 14.4 Å². The smallest absolute Gasteiger partial charge is 0.217 e. The highest BCUT2D eigenvalue weighted by molar-refractivity contribution is 6.29. The number of aromatic nitrogens is 4. The van der Waals surface area contributed by atoms with Gasteiger partial charge in [0.15, 0.2) is 11.5 Å². The van der Waals surface area contributed by atoms with Crippen molar-refractivity contribution in [1.29, 1.82) is 0 Å². The second-order valence-corrected chi connectivity index (χ2v) is 5.60. The van der Waals surface area contributed by atoms with Gasteiger partial charge in [0.05, 0.1) is 11.1 Å². The van der Waals surface area contributed by atoms with Gasteiger partial charge < -0.3 is 0 Å². The number of hydrogen-bond acceptors (Lipinski definition) is 3. The molecule has 0 bridgehead atoms. The zero-order valence-corrected chi connectivity index (χ0v) is 13.0. The first kappa shape index (κ1) is 15.8. The van der Waals surface area contributed by atoms with E-state index < -0.39 is 17.6 Å². The third-order valence-electron chi connectivity index (χ3n) is 3.65. The Hall–Kier alpha value is -2.74. The van der Waals surface area contributed by atoms with Gasteiger partial charge in [0, 0.05) is 10.9 Å². The van der Waals surface area contributed by atoms with Crippen molar-refractivity contribution in [2.24, 2.45) is 0 Å². The Labute approximate surface area is 142 Å². The normalized spacial score (nSPS) is 12.2. The van der Waals surface area contributed by atoms with Crippen molar-refractivity contribution >= 4 is 28.2 Å². The highest BCUT2D eigenvalue weighted by atomic mass is 35.5. The molecule has 9 heteroatoms. The lowest BCUT2D eigenvalue weighted by Gasteiger charge is -2.10. The van der Waals surface area contributed by atoms with Gasteiger partial charge >= 0.3 is 6.18 Å². The topological polar surface area (TPSA) is 43.1 Å². The molecule has 4 rings (SSSR count). The average molecular weight is 367 g/mol. The van der Waals surface area contributed by atoms with Crippen LogP contribution in [0.5, 0.6) is 0 Å². The highest BCUT2D eigenvalue weighted by Gasteiger charge is 2.34. The monoisotopic (exact) mass is 366 g/mol. The lowest BCUT2D eigenvalue weighted by molar-refractivity contribution is -0.136. The summed E-state index contributed by atoms with van der Waals surface area (Å²) in [4.78, 5) is 8.06. The first-order valence-corrected chi connectivity index (χ1v) is 7.40. The number of nitrogens with zero attached hydrogens (tertiary/aromatic N) is 4.